The molecule has 7 nitrogen and oxygen atoms in total. The van der Waals surface area contributed by atoms with Crippen LogP contribution >= 0.6 is 23.6 Å². The summed E-state index contributed by atoms with van der Waals surface area (Å²) in [5, 5.41) is 4.22. The minimum absolute atomic E-state index is 0.379. The molecule has 0 radical (unpaired) electrons. The van der Waals surface area contributed by atoms with E-state index in [0.29, 0.717) is 41.9 Å². The second kappa shape index (κ2) is 8.56. The van der Waals surface area contributed by atoms with Gasteiger partial charge in [0.2, 0.25) is 10.0 Å². The quantitative estimate of drug-likeness (QED) is 0.579. The van der Waals surface area contributed by atoms with Crippen molar-refractivity contribution in [2.45, 2.75) is 0 Å². The highest BCUT2D eigenvalue weighted by molar-refractivity contribution is 7.88. The molecule has 0 unspecified atom stereocenters. The monoisotopic (exact) mass is 439 g/mol. The molecular formula is C18H21N3O4S3. The van der Waals surface area contributed by atoms with Crippen molar-refractivity contribution in [1.82, 2.24) is 9.21 Å². The fourth-order valence-corrected chi connectivity index (χ4v) is 5.12. The average Bonchev–Trinajstić information content (AvgIpc) is 3.11. The third-order valence-electron chi connectivity index (χ3n) is 4.41. The van der Waals surface area contributed by atoms with Gasteiger partial charge in [0.15, 0.2) is 5.11 Å². The normalized spacial score (nSPS) is 15.3. The molecule has 0 aliphatic carbocycles. The van der Waals surface area contributed by atoms with E-state index in [1.807, 2.05) is 35.2 Å². The molecule has 2 aromatic rings. The lowest BCUT2D eigenvalue weighted by Gasteiger charge is -2.34. The molecule has 0 spiro atoms. The molecular weight excluding hydrogens is 418 g/mol. The SMILES string of the molecule is COC(=O)c1cc(-c2ccccc2)sc1NC(=S)N1CCN(S(C)(=O)=O)CC1. The number of hydrogen-bond donors (Lipinski definition) is 1. The molecule has 28 heavy (non-hydrogen) atoms. The predicted octanol–water partition coefficient (Wildman–Crippen LogP) is 2.48. The maximum absolute atomic E-state index is 12.2. The van der Waals surface area contributed by atoms with Crippen molar-refractivity contribution < 1.29 is 17.9 Å². The number of esters is 1. The van der Waals surface area contributed by atoms with Crippen LogP contribution in [0.5, 0.6) is 0 Å². The van der Waals surface area contributed by atoms with E-state index in [1.54, 1.807) is 6.07 Å². The molecule has 1 aromatic heterocycles. The number of benzene rings is 1. The number of nitrogens with one attached hydrogen (secondary N) is 1. The van der Waals surface area contributed by atoms with Crippen molar-refractivity contribution in [2.75, 3.05) is 44.9 Å². The van der Waals surface area contributed by atoms with Crippen LogP contribution in [0.25, 0.3) is 10.4 Å². The first-order valence-corrected chi connectivity index (χ1v) is 11.7. The topological polar surface area (TPSA) is 79.0 Å². The van der Waals surface area contributed by atoms with Gasteiger partial charge in [0.25, 0.3) is 0 Å². The lowest BCUT2D eigenvalue weighted by atomic mass is 10.1. The van der Waals surface area contributed by atoms with Crippen LogP contribution in [0.15, 0.2) is 36.4 Å². The fourth-order valence-electron chi connectivity index (χ4n) is 2.89. The maximum atomic E-state index is 12.2. The number of nitrogens with zero attached hydrogens (tertiary/aromatic N) is 2. The minimum atomic E-state index is -3.20. The Morgan fingerprint density at radius 3 is 2.39 bits per heavy atom. The number of ether oxygens (including phenoxy) is 1. The summed E-state index contributed by atoms with van der Waals surface area (Å²) in [4.78, 5) is 15.0. The van der Waals surface area contributed by atoms with Gasteiger partial charge in [0, 0.05) is 31.1 Å². The van der Waals surface area contributed by atoms with E-state index in [4.69, 9.17) is 17.0 Å². The number of thiophene rings is 1. The summed E-state index contributed by atoms with van der Waals surface area (Å²) >= 11 is 6.92. The molecule has 2 heterocycles. The Labute approximate surface area is 174 Å². The van der Waals surface area contributed by atoms with Crippen molar-refractivity contribution in [3.05, 3.63) is 42.0 Å². The third kappa shape index (κ3) is 4.69. The van der Waals surface area contributed by atoms with Crippen molar-refractivity contribution >= 4 is 49.7 Å². The average molecular weight is 440 g/mol. The standard InChI is InChI=1S/C18H21N3O4S3/c1-25-17(22)14-12-15(13-6-4-3-5-7-13)27-16(14)19-18(26)20-8-10-21(11-9-20)28(2,23)24/h3-7,12H,8-11H2,1-2H3,(H,19,26). The lowest BCUT2D eigenvalue weighted by molar-refractivity contribution is 0.0602. The van der Waals surface area contributed by atoms with Gasteiger partial charge in [0.05, 0.1) is 18.9 Å². The molecule has 1 aliphatic rings. The largest absolute Gasteiger partial charge is 0.465 e. The number of carbonyl (C=O) groups is 1. The molecule has 0 bridgehead atoms. The van der Waals surface area contributed by atoms with Gasteiger partial charge < -0.3 is 15.0 Å². The molecule has 150 valence electrons. The van der Waals surface area contributed by atoms with Gasteiger partial charge in [-0.1, -0.05) is 30.3 Å². The molecule has 1 aliphatic heterocycles. The van der Waals surface area contributed by atoms with Gasteiger partial charge in [-0.25, -0.2) is 13.2 Å². The zero-order valence-corrected chi connectivity index (χ0v) is 18.0. The second-order valence-electron chi connectivity index (χ2n) is 6.29. The van der Waals surface area contributed by atoms with E-state index in [1.165, 1.54) is 29.0 Å². The van der Waals surface area contributed by atoms with E-state index >= 15 is 0 Å². The van der Waals surface area contributed by atoms with Crippen LogP contribution in [0.4, 0.5) is 5.00 Å². The number of thiocarbonyl (C=S) groups is 1. The van der Waals surface area contributed by atoms with Gasteiger partial charge in [0.1, 0.15) is 5.00 Å². The number of anilines is 1. The first kappa shape index (κ1) is 20.7. The summed E-state index contributed by atoms with van der Waals surface area (Å²) in [5.74, 6) is -0.439. The number of carbonyl (C=O) groups excluding carboxylic acids is 1. The van der Waals surface area contributed by atoms with Crippen LogP contribution < -0.4 is 5.32 Å². The molecule has 1 N–H and O–H groups in total. The Morgan fingerprint density at radius 1 is 1.18 bits per heavy atom. The van der Waals surface area contributed by atoms with Gasteiger partial charge in [-0.05, 0) is 23.8 Å². The Morgan fingerprint density at radius 2 is 1.82 bits per heavy atom. The highest BCUT2D eigenvalue weighted by atomic mass is 32.2. The fraction of sp³-hybridized carbons (Fsp3) is 0.333. The zero-order valence-electron chi connectivity index (χ0n) is 15.5. The van der Waals surface area contributed by atoms with Crippen LogP contribution in [0.2, 0.25) is 0 Å². The number of piperazine rings is 1. The second-order valence-corrected chi connectivity index (χ2v) is 9.71. The third-order valence-corrected chi connectivity index (χ3v) is 7.17. The van der Waals surface area contributed by atoms with Crippen LogP contribution in [-0.2, 0) is 14.8 Å². The molecule has 1 saturated heterocycles. The Kier molecular flexibility index (Phi) is 6.33. The van der Waals surface area contributed by atoms with Crippen molar-refractivity contribution in [3.63, 3.8) is 0 Å². The summed E-state index contributed by atoms with van der Waals surface area (Å²) in [7, 11) is -1.86. The van der Waals surface area contributed by atoms with Gasteiger partial charge in [-0.3, -0.25) is 0 Å². The first-order valence-electron chi connectivity index (χ1n) is 8.58. The van der Waals surface area contributed by atoms with E-state index in [2.05, 4.69) is 5.32 Å². The smallest absolute Gasteiger partial charge is 0.340 e. The van der Waals surface area contributed by atoms with Crippen molar-refractivity contribution in [3.8, 4) is 10.4 Å². The minimum Gasteiger partial charge on any atom is -0.465 e. The van der Waals surface area contributed by atoms with E-state index in [-0.39, 0.29) is 0 Å². The van der Waals surface area contributed by atoms with Crippen molar-refractivity contribution in [2.24, 2.45) is 0 Å². The molecule has 10 heteroatoms. The number of sulfonamides is 1. The Bertz CT molecular complexity index is 965. The van der Waals surface area contributed by atoms with Gasteiger partial charge in [-0.15, -0.1) is 11.3 Å². The molecule has 1 aromatic carbocycles. The number of hydrogen-bond acceptors (Lipinski definition) is 6. The van der Waals surface area contributed by atoms with E-state index in [9.17, 15) is 13.2 Å². The molecule has 0 amide bonds. The molecule has 3 rings (SSSR count). The van der Waals surface area contributed by atoms with Gasteiger partial charge in [-0.2, -0.15) is 4.31 Å². The van der Waals surface area contributed by atoms with Crippen LogP contribution in [0.1, 0.15) is 10.4 Å². The number of rotatable bonds is 4. The zero-order chi connectivity index (χ0) is 20.3. The predicted molar refractivity (Wildman–Crippen MR) is 115 cm³/mol. The molecule has 0 saturated carbocycles. The number of methoxy groups -OCH3 is 1. The van der Waals surface area contributed by atoms with Crippen LogP contribution in [0, 0.1) is 0 Å². The highest BCUT2D eigenvalue weighted by Crippen LogP contribution is 2.36. The van der Waals surface area contributed by atoms with Crippen LogP contribution in [-0.4, -0.2) is 68.2 Å². The van der Waals surface area contributed by atoms with E-state index in [0.717, 1.165) is 10.4 Å². The summed E-state index contributed by atoms with van der Waals surface area (Å²) in [5.41, 5.74) is 1.42. The molecule has 1 fully saturated rings. The maximum Gasteiger partial charge on any atom is 0.340 e. The van der Waals surface area contributed by atoms with E-state index < -0.39 is 16.0 Å². The highest BCUT2D eigenvalue weighted by Gasteiger charge is 2.26. The first-order chi connectivity index (χ1) is 13.3. The summed E-state index contributed by atoms with van der Waals surface area (Å²) < 4.78 is 29.6. The molecule has 0 atom stereocenters. The Hall–Kier alpha value is -2.01. The van der Waals surface area contributed by atoms with Crippen molar-refractivity contribution in [1.29, 1.82) is 0 Å². The van der Waals surface area contributed by atoms with Gasteiger partial charge >= 0.3 is 5.97 Å². The van der Waals surface area contributed by atoms with Crippen LogP contribution in [0.3, 0.4) is 0 Å². The Balaban J connectivity index is 1.77. The summed E-state index contributed by atoms with van der Waals surface area (Å²) in [6.45, 7) is 1.74. The summed E-state index contributed by atoms with van der Waals surface area (Å²) in [6.07, 6.45) is 1.21. The lowest BCUT2D eigenvalue weighted by Crippen LogP contribution is -2.51. The summed E-state index contributed by atoms with van der Waals surface area (Å²) in [6, 6.07) is 11.5.